The van der Waals surface area contributed by atoms with Gasteiger partial charge in [0, 0.05) is 25.0 Å². The summed E-state index contributed by atoms with van der Waals surface area (Å²) in [7, 11) is 1.82. The van der Waals surface area contributed by atoms with Crippen LogP contribution in [0.25, 0.3) is 11.3 Å². The molecule has 13 heavy (non-hydrogen) atoms. The van der Waals surface area contributed by atoms with E-state index in [9.17, 15) is 4.79 Å². The molecule has 2 aromatic heterocycles. The molecule has 5 heteroatoms. The van der Waals surface area contributed by atoms with Crippen molar-refractivity contribution in [3.63, 3.8) is 0 Å². The fraction of sp³-hybridized carbons (Fsp3) is 0.125. The van der Waals surface area contributed by atoms with Crippen LogP contribution in [0.1, 0.15) is 0 Å². The molecule has 0 aliphatic rings. The van der Waals surface area contributed by atoms with Crippen molar-refractivity contribution < 1.29 is 0 Å². The number of nitrogens with zero attached hydrogens (tertiary/aromatic N) is 3. The lowest BCUT2D eigenvalue weighted by Crippen LogP contribution is -2.08. The standard InChI is InChI=1S/C8H8N4O/c1-12-5-6(4-10-12)7-2-3-9-8(13)11-7/h2-5H,1H3,(H,9,11,13). The van der Waals surface area contributed by atoms with Crippen molar-refractivity contribution in [1.29, 1.82) is 0 Å². The molecule has 0 aliphatic carbocycles. The van der Waals surface area contributed by atoms with Gasteiger partial charge in [-0.1, -0.05) is 0 Å². The van der Waals surface area contributed by atoms with Gasteiger partial charge in [0.25, 0.3) is 0 Å². The topological polar surface area (TPSA) is 63.6 Å². The third-order valence-corrected chi connectivity index (χ3v) is 1.69. The number of hydrogen-bond donors (Lipinski definition) is 1. The predicted octanol–water partition coefficient (Wildman–Crippen LogP) is 0.170. The molecule has 2 heterocycles. The number of rotatable bonds is 1. The Kier molecular flexibility index (Phi) is 1.70. The van der Waals surface area contributed by atoms with E-state index >= 15 is 0 Å². The van der Waals surface area contributed by atoms with Gasteiger partial charge in [-0.2, -0.15) is 5.10 Å². The maximum Gasteiger partial charge on any atom is 0.345 e. The average Bonchev–Trinajstić information content (AvgIpc) is 2.52. The summed E-state index contributed by atoms with van der Waals surface area (Å²) in [4.78, 5) is 17.0. The molecule has 0 unspecified atom stereocenters. The van der Waals surface area contributed by atoms with Crippen LogP contribution in [0.2, 0.25) is 0 Å². The van der Waals surface area contributed by atoms with Crippen LogP contribution >= 0.6 is 0 Å². The van der Waals surface area contributed by atoms with Crippen LogP contribution in [0.5, 0.6) is 0 Å². The predicted molar refractivity (Wildman–Crippen MR) is 47.1 cm³/mol. The zero-order valence-electron chi connectivity index (χ0n) is 7.06. The van der Waals surface area contributed by atoms with E-state index in [0.717, 1.165) is 11.3 Å². The second-order valence-corrected chi connectivity index (χ2v) is 2.69. The highest BCUT2D eigenvalue weighted by Crippen LogP contribution is 2.11. The molecule has 5 nitrogen and oxygen atoms in total. The second-order valence-electron chi connectivity index (χ2n) is 2.69. The minimum absolute atomic E-state index is 0.346. The summed E-state index contributed by atoms with van der Waals surface area (Å²) in [5.41, 5.74) is 1.26. The van der Waals surface area contributed by atoms with Crippen LogP contribution in [0.4, 0.5) is 0 Å². The number of H-pyrrole nitrogens is 1. The zero-order chi connectivity index (χ0) is 9.26. The van der Waals surface area contributed by atoms with Gasteiger partial charge in [0.15, 0.2) is 0 Å². The van der Waals surface area contributed by atoms with Crippen LogP contribution in [0.15, 0.2) is 29.5 Å². The van der Waals surface area contributed by atoms with E-state index in [1.807, 2.05) is 13.2 Å². The van der Waals surface area contributed by atoms with Crippen LogP contribution in [-0.4, -0.2) is 19.7 Å². The fourth-order valence-corrected chi connectivity index (χ4v) is 1.10. The van der Waals surface area contributed by atoms with E-state index in [1.54, 1.807) is 16.9 Å². The minimum atomic E-state index is -0.346. The first-order chi connectivity index (χ1) is 6.25. The van der Waals surface area contributed by atoms with Crippen molar-refractivity contribution in [2.75, 3.05) is 0 Å². The molecule has 0 aliphatic heterocycles. The van der Waals surface area contributed by atoms with Gasteiger partial charge in [0.05, 0.1) is 11.9 Å². The van der Waals surface area contributed by atoms with Crippen molar-refractivity contribution >= 4 is 0 Å². The smallest absolute Gasteiger partial charge is 0.305 e. The quantitative estimate of drug-likeness (QED) is 0.673. The van der Waals surface area contributed by atoms with E-state index in [4.69, 9.17) is 0 Å². The van der Waals surface area contributed by atoms with Gasteiger partial charge in [-0.25, -0.2) is 9.78 Å². The lowest BCUT2D eigenvalue weighted by atomic mass is 10.2. The van der Waals surface area contributed by atoms with Gasteiger partial charge in [0.2, 0.25) is 0 Å². The maximum atomic E-state index is 10.9. The van der Waals surface area contributed by atoms with E-state index in [-0.39, 0.29) is 5.69 Å². The van der Waals surface area contributed by atoms with Gasteiger partial charge in [-0.15, -0.1) is 0 Å². The second kappa shape index (κ2) is 2.85. The summed E-state index contributed by atoms with van der Waals surface area (Å²) in [6, 6.07) is 1.73. The molecule has 0 bridgehead atoms. The van der Waals surface area contributed by atoms with E-state index < -0.39 is 0 Å². The molecule has 0 saturated carbocycles. The van der Waals surface area contributed by atoms with Gasteiger partial charge in [-0.3, -0.25) is 4.68 Å². The summed E-state index contributed by atoms with van der Waals surface area (Å²) < 4.78 is 1.67. The lowest BCUT2D eigenvalue weighted by molar-refractivity contribution is 0.768. The summed E-state index contributed by atoms with van der Waals surface area (Å²) >= 11 is 0. The molecule has 2 aromatic rings. The van der Waals surface area contributed by atoms with Crippen molar-refractivity contribution in [3.8, 4) is 11.3 Å². The van der Waals surface area contributed by atoms with Crippen LogP contribution in [-0.2, 0) is 7.05 Å². The van der Waals surface area contributed by atoms with E-state index in [2.05, 4.69) is 15.1 Å². The molecule has 1 N–H and O–H groups in total. The zero-order valence-corrected chi connectivity index (χ0v) is 7.06. The van der Waals surface area contributed by atoms with E-state index in [1.165, 1.54) is 6.20 Å². The Morgan fingerprint density at radius 1 is 1.54 bits per heavy atom. The average molecular weight is 176 g/mol. The van der Waals surface area contributed by atoms with Gasteiger partial charge in [0.1, 0.15) is 0 Å². The Hall–Kier alpha value is -1.91. The van der Waals surface area contributed by atoms with Crippen molar-refractivity contribution in [2.24, 2.45) is 7.05 Å². The molecular formula is C8H8N4O. The Labute approximate surface area is 74.1 Å². The molecule has 0 amide bonds. The van der Waals surface area contributed by atoms with Crippen LogP contribution < -0.4 is 5.69 Å². The maximum absolute atomic E-state index is 10.9. The minimum Gasteiger partial charge on any atom is -0.305 e. The Balaban J connectivity index is 2.52. The molecule has 0 spiro atoms. The van der Waals surface area contributed by atoms with E-state index in [0.29, 0.717) is 0 Å². The first kappa shape index (κ1) is 7.72. The Morgan fingerprint density at radius 3 is 3.00 bits per heavy atom. The molecule has 0 saturated heterocycles. The number of aromatic amines is 1. The van der Waals surface area contributed by atoms with Gasteiger partial charge >= 0.3 is 5.69 Å². The highest BCUT2D eigenvalue weighted by molar-refractivity contribution is 5.55. The van der Waals surface area contributed by atoms with Crippen molar-refractivity contribution in [1.82, 2.24) is 19.7 Å². The normalized spacial score (nSPS) is 10.2. The first-order valence-electron chi connectivity index (χ1n) is 3.80. The van der Waals surface area contributed by atoms with Gasteiger partial charge < -0.3 is 4.98 Å². The molecule has 0 atom stereocenters. The summed E-state index contributed by atoms with van der Waals surface area (Å²) in [5.74, 6) is 0. The highest BCUT2D eigenvalue weighted by atomic mass is 16.1. The fourth-order valence-electron chi connectivity index (χ4n) is 1.10. The number of aromatic nitrogens is 4. The van der Waals surface area contributed by atoms with Gasteiger partial charge in [-0.05, 0) is 6.07 Å². The molecule has 2 rings (SSSR count). The number of hydrogen-bond acceptors (Lipinski definition) is 3. The molecule has 66 valence electrons. The highest BCUT2D eigenvalue weighted by Gasteiger charge is 1.99. The monoisotopic (exact) mass is 176 g/mol. The third kappa shape index (κ3) is 1.48. The van der Waals surface area contributed by atoms with Crippen LogP contribution in [0.3, 0.4) is 0 Å². The number of nitrogens with one attached hydrogen (secondary N) is 1. The summed E-state index contributed by atoms with van der Waals surface area (Å²) in [5, 5.41) is 4.00. The van der Waals surface area contributed by atoms with Crippen molar-refractivity contribution in [3.05, 3.63) is 35.1 Å². The summed E-state index contributed by atoms with van der Waals surface area (Å²) in [6.07, 6.45) is 4.98. The lowest BCUT2D eigenvalue weighted by Gasteiger charge is -1.93. The summed E-state index contributed by atoms with van der Waals surface area (Å²) in [6.45, 7) is 0. The van der Waals surface area contributed by atoms with Crippen molar-refractivity contribution in [2.45, 2.75) is 0 Å². The largest absolute Gasteiger partial charge is 0.345 e. The SMILES string of the molecule is Cn1cc(-c2ccnc(=O)[nH]2)cn1. The van der Waals surface area contributed by atoms with Crippen LogP contribution in [0, 0.1) is 0 Å². The third-order valence-electron chi connectivity index (χ3n) is 1.69. The molecule has 0 radical (unpaired) electrons. The molecule has 0 fully saturated rings. The number of aryl methyl sites for hydroxylation is 1. The first-order valence-corrected chi connectivity index (χ1v) is 3.80. The Bertz CT molecular complexity index is 471. The molecule has 0 aromatic carbocycles. The Morgan fingerprint density at radius 2 is 2.38 bits per heavy atom. The molecular weight excluding hydrogens is 168 g/mol.